The smallest absolute Gasteiger partial charge is 0.150 e. The number of hydrogen-bond donors (Lipinski definition) is 1. The highest BCUT2D eigenvalue weighted by molar-refractivity contribution is 9.10. The minimum Gasteiger partial charge on any atom is -0.385 e. The van der Waals surface area contributed by atoms with Crippen LogP contribution in [0.3, 0.4) is 0 Å². The summed E-state index contributed by atoms with van der Waals surface area (Å²) < 4.78 is 28.3. The van der Waals surface area contributed by atoms with Crippen molar-refractivity contribution in [2.75, 3.05) is 11.9 Å². The zero-order chi connectivity index (χ0) is 14.0. The lowest BCUT2D eigenvalue weighted by atomic mass is 10.1. The summed E-state index contributed by atoms with van der Waals surface area (Å²) in [5, 5.41) is 3.28. The third-order valence-electron chi connectivity index (χ3n) is 2.85. The molecule has 1 aromatic carbocycles. The number of rotatable bonds is 4. The Morgan fingerprint density at radius 1 is 1.26 bits per heavy atom. The van der Waals surface area contributed by atoms with Crippen LogP contribution >= 0.6 is 15.9 Å². The van der Waals surface area contributed by atoms with Gasteiger partial charge in [0.15, 0.2) is 5.82 Å². The van der Waals surface area contributed by atoms with Crippen molar-refractivity contribution < 1.29 is 8.78 Å². The van der Waals surface area contributed by atoms with E-state index in [0.29, 0.717) is 12.2 Å². The SMILES string of the molecule is CCCc1cc(NCC)c2c(F)c(Br)cc(F)c2n1. The highest BCUT2D eigenvalue weighted by Crippen LogP contribution is 2.32. The molecular formula is C14H15BrF2N2. The molecule has 0 aliphatic rings. The van der Waals surface area contributed by atoms with Gasteiger partial charge in [0, 0.05) is 17.9 Å². The lowest BCUT2D eigenvalue weighted by Crippen LogP contribution is -2.03. The van der Waals surface area contributed by atoms with Crippen molar-refractivity contribution in [3.63, 3.8) is 0 Å². The molecule has 0 radical (unpaired) electrons. The Morgan fingerprint density at radius 3 is 2.63 bits per heavy atom. The van der Waals surface area contributed by atoms with Crippen molar-refractivity contribution in [2.45, 2.75) is 26.7 Å². The van der Waals surface area contributed by atoms with Gasteiger partial charge in [0.1, 0.15) is 11.3 Å². The summed E-state index contributed by atoms with van der Waals surface area (Å²) in [6.45, 7) is 4.58. The van der Waals surface area contributed by atoms with Gasteiger partial charge >= 0.3 is 0 Å². The lowest BCUT2D eigenvalue weighted by Gasteiger charge is -2.12. The molecule has 0 aliphatic carbocycles. The van der Waals surface area contributed by atoms with Gasteiger partial charge in [0.25, 0.3) is 0 Å². The first-order valence-corrected chi connectivity index (χ1v) is 7.08. The molecule has 0 fully saturated rings. The Bertz CT molecular complexity index is 614. The Kier molecular flexibility index (Phi) is 4.34. The molecule has 0 saturated carbocycles. The van der Waals surface area contributed by atoms with Crippen LogP contribution in [0.1, 0.15) is 26.0 Å². The summed E-state index contributed by atoms with van der Waals surface area (Å²) in [5.41, 5.74) is 1.45. The first-order chi connectivity index (χ1) is 9.08. The average Bonchev–Trinajstić information content (AvgIpc) is 2.36. The van der Waals surface area contributed by atoms with Gasteiger partial charge in [-0.15, -0.1) is 0 Å². The highest BCUT2D eigenvalue weighted by atomic mass is 79.9. The van der Waals surface area contributed by atoms with E-state index in [1.165, 1.54) is 0 Å². The van der Waals surface area contributed by atoms with Crippen LogP contribution in [0.2, 0.25) is 0 Å². The van der Waals surface area contributed by atoms with Crippen LogP contribution < -0.4 is 5.32 Å². The fourth-order valence-corrected chi connectivity index (χ4v) is 2.47. The summed E-state index contributed by atoms with van der Waals surface area (Å²) in [4.78, 5) is 4.23. The van der Waals surface area contributed by atoms with Crippen LogP contribution in [-0.2, 0) is 6.42 Å². The van der Waals surface area contributed by atoms with Crippen LogP contribution in [0.15, 0.2) is 16.6 Å². The molecule has 0 atom stereocenters. The van der Waals surface area contributed by atoms with Gasteiger partial charge in [-0.25, -0.2) is 13.8 Å². The predicted molar refractivity (Wildman–Crippen MR) is 77.5 cm³/mol. The molecule has 0 unspecified atom stereocenters. The zero-order valence-corrected chi connectivity index (χ0v) is 12.4. The van der Waals surface area contributed by atoms with Crippen LogP contribution in [0, 0.1) is 11.6 Å². The van der Waals surface area contributed by atoms with Gasteiger partial charge in [0.05, 0.1) is 9.86 Å². The number of anilines is 1. The first-order valence-electron chi connectivity index (χ1n) is 6.29. The standard InChI is InChI=1S/C14H15BrF2N2/c1-3-5-8-6-11(18-4-2)12-13(17)9(15)7-10(16)14(12)19-8/h6-7H,3-5H2,1-2H3,(H,18,19). The Labute approximate surface area is 119 Å². The van der Waals surface area contributed by atoms with Crippen LogP contribution in [0.4, 0.5) is 14.5 Å². The normalized spacial score (nSPS) is 11.0. The summed E-state index contributed by atoms with van der Waals surface area (Å²) in [6, 6.07) is 2.92. The topological polar surface area (TPSA) is 24.9 Å². The van der Waals surface area contributed by atoms with Crippen molar-refractivity contribution in [2.24, 2.45) is 0 Å². The third kappa shape index (κ3) is 2.71. The molecule has 2 nitrogen and oxygen atoms in total. The Balaban J connectivity index is 2.78. The molecule has 0 amide bonds. The Morgan fingerprint density at radius 2 is 2.00 bits per heavy atom. The molecule has 0 aliphatic heterocycles. The quantitative estimate of drug-likeness (QED) is 0.825. The lowest BCUT2D eigenvalue weighted by molar-refractivity contribution is 0.609. The van der Waals surface area contributed by atoms with E-state index >= 15 is 0 Å². The summed E-state index contributed by atoms with van der Waals surface area (Å²) >= 11 is 3.03. The average molecular weight is 329 g/mol. The van der Waals surface area contributed by atoms with E-state index < -0.39 is 11.6 Å². The number of fused-ring (bicyclic) bond motifs is 1. The van der Waals surface area contributed by atoms with Crippen LogP contribution in [0.5, 0.6) is 0 Å². The number of halogens is 3. The number of aryl methyl sites for hydroxylation is 1. The van der Waals surface area contributed by atoms with Crippen LogP contribution in [-0.4, -0.2) is 11.5 Å². The summed E-state index contributed by atoms with van der Waals surface area (Å²) in [7, 11) is 0. The largest absolute Gasteiger partial charge is 0.385 e. The number of aromatic nitrogens is 1. The molecule has 2 rings (SSSR count). The van der Waals surface area contributed by atoms with Gasteiger partial charge in [-0.2, -0.15) is 0 Å². The van der Waals surface area contributed by atoms with E-state index in [1.54, 1.807) is 6.07 Å². The van der Waals surface area contributed by atoms with Gasteiger partial charge < -0.3 is 5.32 Å². The van der Waals surface area contributed by atoms with Gasteiger partial charge in [-0.1, -0.05) is 13.3 Å². The van der Waals surface area contributed by atoms with E-state index in [1.807, 2.05) is 13.8 Å². The highest BCUT2D eigenvalue weighted by Gasteiger charge is 2.16. The maximum Gasteiger partial charge on any atom is 0.150 e. The number of benzene rings is 1. The maximum absolute atomic E-state index is 14.2. The van der Waals surface area contributed by atoms with Gasteiger partial charge in [-0.05, 0) is 41.4 Å². The monoisotopic (exact) mass is 328 g/mol. The minimum atomic E-state index is -0.514. The molecule has 0 bridgehead atoms. The van der Waals surface area contributed by atoms with Gasteiger partial charge in [-0.3, -0.25) is 0 Å². The molecule has 102 valence electrons. The first kappa shape index (κ1) is 14.2. The summed E-state index contributed by atoms with van der Waals surface area (Å²) in [6.07, 6.45) is 1.65. The summed E-state index contributed by atoms with van der Waals surface area (Å²) in [5.74, 6) is -0.997. The van der Waals surface area contributed by atoms with E-state index in [4.69, 9.17) is 0 Å². The van der Waals surface area contributed by atoms with Crippen molar-refractivity contribution >= 4 is 32.5 Å². The predicted octanol–water partition coefficient (Wildman–Crippen LogP) is 4.66. The number of hydrogen-bond acceptors (Lipinski definition) is 2. The molecule has 2 aromatic rings. The zero-order valence-electron chi connectivity index (χ0n) is 10.9. The minimum absolute atomic E-state index is 0.0857. The second-order valence-electron chi connectivity index (χ2n) is 4.32. The molecule has 1 aromatic heterocycles. The van der Waals surface area contributed by atoms with E-state index in [9.17, 15) is 8.78 Å². The van der Waals surface area contributed by atoms with Crippen molar-refractivity contribution in [3.8, 4) is 0 Å². The van der Waals surface area contributed by atoms with Crippen molar-refractivity contribution in [1.29, 1.82) is 0 Å². The molecule has 5 heteroatoms. The maximum atomic E-state index is 14.2. The third-order valence-corrected chi connectivity index (χ3v) is 3.43. The molecular weight excluding hydrogens is 314 g/mol. The van der Waals surface area contributed by atoms with E-state index in [0.717, 1.165) is 24.6 Å². The molecule has 1 N–H and O–H groups in total. The Hall–Kier alpha value is -1.23. The molecule has 19 heavy (non-hydrogen) atoms. The molecule has 0 saturated heterocycles. The fraction of sp³-hybridized carbons (Fsp3) is 0.357. The number of nitrogens with one attached hydrogen (secondary N) is 1. The second kappa shape index (κ2) is 5.82. The fourth-order valence-electron chi connectivity index (χ4n) is 2.07. The second-order valence-corrected chi connectivity index (χ2v) is 5.17. The van der Waals surface area contributed by atoms with E-state index in [2.05, 4.69) is 26.2 Å². The van der Waals surface area contributed by atoms with Gasteiger partial charge in [0.2, 0.25) is 0 Å². The molecule has 0 spiro atoms. The van der Waals surface area contributed by atoms with Crippen molar-refractivity contribution in [1.82, 2.24) is 4.98 Å². The van der Waals surface area contributed by atoms with E-state index in [-0.39, 0.29) is 15.4 Å². The molecule has 1 heterocycles. The van der Waals surface area contributed by atoms with Crippen molar-refractivity contribution in [3.05, 3.63) is 33.9 Å². The van der Waals surface area contributed by atoms with Crippen LogP contribution in [0.25, 0.3) is 10.9 Å². The number of pyridine rings is 1. The number of nitrogens with zero attached hydrogens (tertiary/aromatic N) is 1.